The molecule has 3 aromatic rings. The molecule has 0 bridgehead atoms. The van der Waals surface area contributed by atoms with Crippen molar-refractivity contribution in [1.29, 1.82) is 0 Å². The Morgan fingerprint density at radius 1 is 1.03 bits per heavy atom. The number of hydrogen-bond donors (Lipinski definition) is 3. The first kappa shape index (κ1) is 21.6. The molecule has 0 aliphatic carbocycles. The number of benzene rings is 1. The summed E-state index contributed by atoms with van der Waals surface area (Å²) in [7, 11) is 0. The van der Waals surface area contributed by atoms with Gasteiger partial charge in [-0.05, 0) is 47.0 Å². The molecule has 6 nitrogen and oxygen atoms in total. The van der Waals surface area contributed by atoms with E-state index in [9.17, 15) is 9.59 Å². The van der Waals surface area contributed by atoms with Crippen molar-refractivity contribution >= 4 is 23.3 Å². The Morgan fingerprint density at radius 3 is 2.43 bits per heavy atom. The van der Waals surface area contributed by atoms with Gasteiger partial charge < -0.3 is 20.4 Å². The van der Waals surface area contributed by atoms with Crippen molar-refractivity contribution < 1.29 is 14.0 Å². The average molecular weight is 426 g/mol. The fourth-order valence-corrected chi connectivity index (χ4v) is 3.85. The quantitative estimate of drug-likeness (QED) is 0.470. The Bertz CT molecular complexity index is 921. The van der Waals surface area contributed by atoms with Crippen LogP contribution >= 0.6 is 11.3 Å². The third-order valence-corrected chi connectivity index (χ3v) is 5.93. The highest BCUT2D eigenvalue weighted by molar-refractivity contribution is 7.10. The summed E-state index contributed by atoms with van der Waals surface area (Å²) in [5.74, 6) is 0.887. The van der Waals surface area contributed by atoms with Crippen LogP contribution in [-0.4, -0.2) is 18.5 Å². The second-order valence-electron chi connectivity index (χ2n) is 7.11. The highest BCUT2D eigenvalue weighted by Gasteiger charge is 2.18. The van der Waals surface area contributed by atoms with Gasteiger partial charge in [0.2, 0.25) is 5.91 Å². The molecular formula is C23H27N3O3S. The lowest BCUT2D eigenvalue weighted by atomic mass is 9.95. The van der Waals surface area contributed by atoms with Crippen LogP contribution in [0.15, 0.2) is 64.6 Å². The van der Waals surface area contributed by atoms with Crippen molar-refractivity contribution in [3.63, 3.8) is 0 Å². The molecule has 2 unspecified atom stereocenters. The highest BCUT2D eigenvalue weighted by atomic mass is 32.1. The van der Waals surface area contributed by atoms with E-state index in [0.29, 0.717) is 11.7 Å². The standard InChI is InChI=1S/C23H27N3O3S/c1-3-16(2)17-8-10-18(11-9-17)22(20-7-5-13-30-20)26-21(27)15-25-23(28)24-14-19-6-4-12-29-19/h4-13,16,22H,3,14-15H2,1-2H3,(H,26,27)(H2,24,25,28). The summed E-state index contributed by atoms with van der Waals surface area (Å²) in [6.07, 6.45) is 2.63. The van der Waals surface area contributed by atoms with Gasteiger partial charge in [-0.2, -0.15) is 0 Å². The van der Waals surface area contributed by atoms with Crippen LogP contribution in [0.5, 0.6) is 0 Å². The SMILES string of the molecule is CCC(C)c1ccc(C(NC(=O)CNC(=O)NCc2ccco2)c2cccs2)cc1. The molecule has 3 N–H and O–H groups in total. The predicted molar refractivity (Wildman–Crippen MR) is 118 cm³/mol. The summed E-state index contributed by atoms with van der Waals surface area (Å²) in [5, 5.41) is 10.3. The number of thiophene rings is 1. The van der Waals surface area contributed by atoms with Crippen LogP contribution < -0.4 is 16.0 Å². The molecule has 3 rings (SSSR count). The van der Waals surface area contributed by atoms with E-state index in [4.69, 9.17) is 4.42 Å². The molecule has 158 valence electrons. The Balaban J connectivity index is 1.58. The van der Waals surface area contributed by atoms with Crippen LogP contribution in [0.2, 0.25) is 0 Å². The van der Waals surface area contributed by atoms with Crippen molar-refractivity contribution in [3.8, 4) is 0 Å². The Morgan fingerprint density at radius 2 is 1.80 bits per heavy atom. The molecule has 3 amide bonds. The Kier molecular flexibility index (Phi) is 7.68. The van der Waals surface area contributed by atoms with E-state index in [1.54, 1.807) is 29.7 Å². The summed E-state index contributed by atoms with van der Waals surface area (Å²) in [6, 6.07) is 15.2. The van der Waals surface area contributed by atoms with E-state index in [2.05, 4.69) is 54.1 Å². The maximum atomic E-state index is 12.5. The second kappa shape index (κ2) is 10.6. The smallest absolute Gasteiger partial charge is 0.315 e. The molecule has 2 heterocycles. The fourth-order valence-electron chi connectivity index (χ4n) is 3.04. The first-order valence-corrected chi connectivity index (χ1v) is 10.9. The van der Waals surface area contributed by atoms with Gasteiger partial charge in [-0.15, -0.1) is 11.3 Å². The van der Waals surface area contributed by atoms with Gasteiger partial charge in [0.1, 0.15) is 5.76 Å². The maximum absolute atomic E-state index is 12.5. The molecule has 0 saturated carbocycles. The maximum Gasteiger partial charge on any atom is 0.315 e. The zero-order valence-corrected chi connectivity index (χ0v) is 18.0. The van der Waals surface area contributed by atoms with Gasteiger partial charge in [0.15, 0.2) is 0 Å². The first-order chi connectivity index (χ1) is 14.6. The molecular weight excluding hydrogens is 398 g/mol. The van der Waals surface area contributed by atoms with Gasteiger partial charge in [-0.3, -0.25) is 4.79 Å². The van der Waals surface area contributed by atoms with Crippen LogP contribution in [0.25, 0.3) is 0 Å². The minimum absolute atomic E-state index is 0.114. The molecule has 0 saturated heterocycles. The lowest BCUT2D eigenvalue weighted by Crippen LogP contribution is -2.42. The number of amides is 3. The number of urea groups is 1. The number of nitrogens with one attached hydrogen (secondary N) is 3. The lowest BCUT2D eigenvalue weighted by Gasteiger charge is -2.19. The van der Waals surface area contributed by atoms with Crippen molar-refractivity contribution in [2.45, 2.75) is 38.8 Å². The van der Waals surface area contributed by atoms with Gasteiger partial charge in [0.05, 0.1) is 25.4 Å². The third-order valence-electron chi connectivity index (χ3n) is 5.00. The first-order valence-electron chi connectivity index (χ1n) is 10.0. The van der Waals surface area contributed by atoms with E-state index in [0.717, 1.165) is 16.9 Å². The zero-order chi connectivity index (χ0) is 21.3. The van der Waals surface area contributed by atoms with E-state index in [-0.39, 0.29) is 25.0 Å². The average Bonchev–Trinajstić information content (AvgIpc) is 3.48. The topological polar surface area (TPSA) is 83.4 Å². The lowest BCUT2D eigenvalue weighted by molar-refractivity contribution is -0.120. The van der Waals surface area contributed by atoms with Crippen molar-refractivity contribution in [1.82, 2.24) is 16.0 Å². The molecule has 2 aromatic heterocycles. The van der Waals surface area contributed by atoms with Gasteiger partial charge in [-0.25, -0.2) is 4.79 Å². The largest absolute Gasteiger partial charge is 0.467 e. The number of furan rings is 1. The molecule has 0 fully saturated rings. The summed E-state index contributed by atoms with van der Waals surface area (Å²) < 4.78 is 5.16. The predicted octanol–water partition coefficient (Wildman–Crippen LogP) is 4.56. The van der Waals surface area contributed by atoms with E-state index in [1.807, 2.05) is 17.5 Å². The van der Waals surface area contributed by atoms with Gasteiger partial charge in [0, 0.05) is 4.88 Å². The van der Waals surface area contributed by atoms with Gasteiger partial charge in [-0.1, -0.05) is 44.2 Å². The number of carbonyl (C=O) groups is 2. The minimum atomic E-state index is -0.424. The third kappa shape index (κ3) is 5.97. The van der Waals surface area contributed by atoms with E-state index in [1.165, 1.54) is 5.56 Å². The molecule has 0 aliphatic rings. The van der Waals surface area contributed by atoms with Crippen LogP contribution in [0.1, 0.15) is 54.0 Å². The summed E-state index contributed by atoms with van der Waals surface area (Å²) in [6.45, 7) is 4.53. The Labute approximate surface area is 180 Å². The summed E-state index contributed by atoms with van der Waals surface area (Å²) in [4.78, 5) is 25.5. The fraction of sp³-hybridized carbons (Fsp3) is 0.304. The van der Waals surface area contributed by atoms with Gasteiger partial charge >= 0.3 is 6.03 Å². The molecule has 0 aliphatic heterocycles. The molecule has 0 spiro atoms. The summed E-state index contributed by atoms with van der Waals surface area (Å²) >= 11 is 1.59. The molecule has 1 aromatic carbocycles. The monoisotopic (exact) mass is 425 g/mol. The van der Waals surface area contributed by atoms with E-state index >= 15 is 0 Å². The minimum Gasteiger partial charge on any atom is -0.467 e. The molecule has 30 heavy (non-hydrogen) atoms. The van der Waals surface area contributed by atoms with Crippen molar-refractivity contribution in [2.75, 3.05) is 6.54 Å². The zero-order valence-electron chi connectivity index (χ0n) is 17.2. The molecule has 2 atom stereocenters. The number of carbonyl (C=O) groups excluding carboxylic acids is 2. The second-order valence-corrected chi connectivity index (χ2v) is 8.09. The molecule has 7 heteroatoms. The Hall–Kier alpha value is -3.06. The van der Waals surface area contributed by atoms with E-state index < -0.39 is 6.03 Å². The van der Waals surface area contributed by atoms with Crippen LogP contribution in [0.4, 0.5) is 4.79 Å². The number of hydrogen-bond acceptors (Lipinski definition) is 4. The normalized spacial score (nSPS) is 12.7. The number of rotatable bonds is 9. The molecule has 0 radical (unpaired) electrons. The van der Waals surface area contributed by atoms with Crippen LogP contribution in [-0.2, 0) is 11.3 Å². The van der Waals surface area contributed by atoms with Crippen molar-refractivity contribution in [3.05, 3.63) is 81.9 Å². The van der Waals surface area contributed by atoms with Crippen LogP contribution in [0, 0.1) is 0 Å². The van der Waals surface area contributed by atoms with Gasteiger partial charge in [0.25, 0.3) is 0 Å². The summed E-state index contributed by atoms with van der Waals surface area (Å²) in [5.41, 5.74) is 2.30. The van der Waals surface area contributed by atoms with Crippen LogP contribution in [0.3, 0.4) is 0 Å². The highest BCUT2D eigenvalue weighted by Crippen LogP contribution is 2.28. The van der Waals surface area contributed by atoms with Crippen molar-refractivity contribution in [2.24, 2.45) is 0 Å².